The van der Waals surface area contributed by atoms with Gasteiger partial charge in [0.25, 0.3) is 0 Å². The molecule has 0 aliphatic heterocycles. The molecule has 1 nitrogen and oxygen atoms in total. The summed E-state index contributed by atoms with van der Waals surface area (Å²) in [6.07, 6.45) is 6.32. The van der Waals surface area contributed by atoms with Gasteiger partial charge >= 0.3 is 0 Å². The maximum atomic E-state index is 8.61. The minimum atomic E-state index is 0.238. The molecule has 0 aliphatic carbocycles. The van der Waals surface area contributed by atoms with E-state index in [0.29, 0.717) is 0 Å². The van der Waals surface area contributed by atoms with Crippen molar-refractivity contribution in [1.82, 2.24) is 0 Å². The Morgan fingerprint density at radius 3 is 2.42 bits per heavy atom. The number of rotatable bonds is 6. The smallest absolute Gasteiger partial charge is 0.0652 e. The Kier molecular flexibility index (Phi) is 6.85. The second kappa shape index (κ2) is 7.16. The van der Waals surface area contributed by atoms with Gasteiger partial charge < -0.3 is 0 Å². The fraction of sp³-hybridized carbons (Fsp3) is 0.909. The van der Waals surface area contributed by atoms with E-state index in [1.165, 1.54) is 25.7 Å². The van der Waals surface area contributed by atoms with Crippen molar-refractivity contribution in [2.24, 2.45) is 11.8 Å². The highest BCUT2D eigenvalue weighted by Crippen LogP contribution is 2.17. The first-order valence-electron chi connectivity index (χ1n) is 5.10. The predicted molar refractivity (Wildman–Crippen MR) is 52.7 cm³/mol. The van der Waals surface area contributed by atoms with E-state index in [1.54, 1.807) is 0 Å². The summed E-state index contributed by atoms with van der Waals surface area (Å²) in [7, 11) is 0. The summed E-state index contributed by atoms with van der Waals surface area (Å²) < 4.78 is 0. The van der Waals surface area contributed by atoms with Gasteiger partial charge in [-0.15, -0.1) is 0 Å². The van der Waals surface area contributed by atoms with Crippen LogP contribution in [0, 0.1) is 23.2 Å². The van der Waals surface area contributed by atoms with Gasteiger partial charge in [-0.25, -0.2) is 0 Å². The Morgan fingerprint density at radius 2 is 1.92 bits per heavy atom. The number of unbranched alkanes of at least 4 members (excludes halogenated alkanes) is 2. The molecule has 0 N–H and O–H groups in total. The topological polar surface area (TPSA) is 23.8 Å². The van der Waals surface area contributed by atoms with Crippen LogP contribution in [0.1, 0.15) is 52.9 Å². The average Bonchev–Trinajstić information content (AvgIpc) is 2.05. The number of hydrogen-bond donors (Lipinski definition) is 0. The van der Waals surface area contributed by atoms with E-state index in [2.05, 4.69) is 19.9 Å². The Labute approximate surface area is 76.8 Å². The first kappa shape index (κ1) is 11.5. The van der Waals surface area contributed by atoms with E-state index in [9.17, 15) is 0 Å². The van der Waals surface area contributed by atoms with Gasteiger partial charge in [0.05, 0.1) is 6.07 Å². The molecule has 70 valence electrons. The molecule has 0 fully saturated rings. The molecule has 0 rings (SSSR count). The van der Waals surface area contributed by atoms with Crippen LogP contribution < -0.4 is 0 Å². The maximum absolute atomic E-state index is 8.61. The number of nitriles is 1. The fourth-order valence-corrected chi connectivity index (χ4v) is 1.52. The van der Waals surface area contributed by atoms with Crippen LogP contribution in [0.4, 0.5) is 0 Å². The minimum absolute atomic E-state index is 0.238. The highest BCUT2D eigenvalue weighted by molar-refractivity contribution is 4.79. The molecular weight excluding hydrogens is 146 g/mol. The summed E-state index contributed by atoms with van der Waals surface area (Å²) in [6, 6.07) is 2.29. The molecule has 1 unspecified atom stereocenters. The van der Waals surface area contributed by atoms with Crippen molar-refractivity contribution in [2.75, 3.05) is 0 Å². The molecule has 0 aromatic heterocycles. The average molecular weight is 167 g/mol. The molecular formula is C11H21N. The minimum Gasteiger partial charge on any atom is -0.198 e. The lowest BCUT2D eigenvalue weighted by Gasteiger charge is -2.11. The van der Waals surface area contributed by atoms with E-state index >= 15 is 0 Å². The molecule has 0 aliphatic rings. The zero-order chi connectivity index (χ0) is 9.40. The van der Waals surface area contributed by atoms with Crippen LogP contribution in [0.25, 0.3) is 0 Å². The molecule has 0 radical (unpaired) electrons. The van der Waals surface area contributed by atoms with Crippen molar-refractivity contribution in [1.29, 1.82) is 5.26 Å². The molecule has 0 aromatic rings. The van der Waals surface area contributed by atoms with Gasteiger partial charge in [-0.1, -0.05) is 39.5 Å². The van der Waals surface area contributed by atoms with Gasteiger partial charge in [0.15, 0.2) is 0 Å². The summed E-state index contributed by atoms with van der Waals surface area (Å²) in [4.78, 5) is 0. The largest absolute Gasteiger partial charge is 0.198 e. The molecule has 0 saturated carbocycles. The Bertz CT molecular complexity index is 134. The van der Waals surface area contributed by atoms with Crippen LogP contribution in [0.2, 0.25) is 0 Å². The molecule has 0 aromatic carbocycles. The quantitative estimate of drug-likeness (QED) is 0.553. The fourth-order valence-electron chi connectivity index (χ4n) is 1.52. The third-order valence-corrected chi connectivity index (χ3v) is 2.28. The highest BCUT2D eigenvalue weighted by atomic mass is 14.3. The monoisotopic (exact) mass is 167 g/mol. The lowest BCUT2D eigenvalue weighted by atomic mass is 9.93. The third kappa shape index (κ3) is 6.22. The Hall–Kier alpha value is -0.510. The number of hydrogen-bond acceptors (Lipinski definition) is 1. The summed E-state index contributed by atoms with van der Waals surface area (Å²) in [5, 5.41) is 8.61. The second-order valence-corrected chi connectivity index (χ2v) is 3.87. The Morgan fingerprint density at radius 1 is 1.25 bits per heavy atom. The second-order valence-electron chi connectivity index (χ2n) is 3.87. The zero-order valence-corrected chi connectivity index (χ0v) is 8.64. The predicted octanol–water partition coefficient (Wildman–Crippen LogP) is 3.75. The van der Waals surface area contributed by atoms with E-state index in [0.717, 1.165) is 12.3 Å². The lowest BCUT2D eigenvalue weighted by Crippen LogP contribution is -2.01. The lowest BCUT2D eigenvalue weighted by molar-refractivity contribution is 0.424. The third-order valence-electron chi connectivity index (χ3n) is 2.28. The van der Waals surface area contributed by atoms with Gasteiger partial charge in [0, 0.05) is 5.92 Å². The van der Waals surface area contributed by atoms with E-state index in [1.807, 2.05) is 6.92 Å². The van der Waals surface area contributed by atoms with Crippen molar-refractivity contribution >= 4 is 0 Å². The van der Waals surface area contributed by atoms with Crippen LogP contribution in [-0.4, -0.2) is 0 Å². The zero-order valence-electron chi connectivity index (χ0n) is 8.64. The van der Waals surface area contributed by atoms with E-state index < -0.39 is 0 Å². The van der Waals surface area contributed by atoms with Gasteiger partial charge in [-0.2, -0.15) is 5.26 Å². The van der Waals surface area contributed by atoms with Crippen LogP contribution in [0.15, 0.2) is 0 Å². The summed E-state index contributed by atoms with van der Waals surface area (Å²) >= 11 is 0. The van der Waals surface area contributed by atoms with Crippen molar-refractivity contribution < 1.29 is 0 Å². The Balaban J connectivity index is 3.34. The molecule has 1 heteroatoms. The molecule has 0 bridgehead atoms. The standard InChI is InChI=1S/C11H21N/c1-4-5-6-7-10(2)8-11(3)9-12/h10-11H,4-8H2,1-3H3/t10-,11?/m0/s1. The van der Waals surface area contributed by atoms with Crippen LogP contribution in [0.5, 0.6) is 0 Å². The van der Waals surface area contributed by atoms with Gasteiger partial charge in [-0.05, 0) is 19.3 Å². The summed E-state index contributed by atoms with van der Waals surface area (Å²) in [6.45, 7) is 6.49. The molecule has 0 amide bonds. The molecule has 12 heavy (non-hydrogen) atoms. The van der Waals surface area contributed by atoms with Crippen molar-refractivity contribution in [3.63, 3.8) is 0 Å². The van der Waals surface area contributed by atoms with Gasteiger partial charge in [0.1, 0.15) is 0 Å². The summed E-state index contributed by atoms with van der Waals surface area (Å²) in [5.41, 5.74) is 0. The van der Waals surface area contributed by atoms with E-state index in [-0.39, 0.29) is 5.92 Å². The summed E-state index contributed by atoms with van der Waals surface area (Å²) in [5.74, 6) is 0.966. The normalized spacial score (nSPS) is 15.2. The molecule has 0 saturated heterocycles. The number of nitrogens with zero attached hydrogens (tertiary/aromatic N) is 1. The highest BCUT2D eigenvalue weighted by Gasteiger charge is 2.06. The van der Waals surface area contributed by atoms with E-state index in [4.69, 9.17) is 5.26 Å². The van der Waals surface area contributed by atoms with Crippen LogP contribution in [-0.2, 0) is 0 Å². The molecule has 2 atom stereocenters. The van der Waals surface area contributed by atoms with Gasteiger partial charge in [0.2, 0.25) is 0 Å². The van der Waals surface area contributed by atoms with Crippen LogP contribution >= 0.6 is 0 Å². The van der Waals surface area contributed by atoms with Crippen molar-refractivity contribution in [2.45, 2.75) is 52.9 Å². The first-order valence-corrected chi connectivity index (χ1v) is 5.10. The molecule has 0 spiro atoms. The van der Waals surface area contributed by atoms with Gasteiger partial charge in [-0.3, -0.25) is 0 Å². The van der Waals surface area contributed by atoms with Crippen LogP contribution in [0.3, 0.4) is 0 Å². The molecule has 0 heterocycles. The SMILES string of the molecule is CCCCC[C@H](C)CC(C)C#N. The van der Waals surface area contributed by atoms with Crippen molar-refractivity contribution in [3.8, 4) is 6.07 Å². The van der Waals surface area contributed by atoms with Crippen molar-refractivity contribution in [3.05, 3.63) is 0 Å². The first-order chi connectivity index (χ1) is 5.70. The maximum Gasteiger partial charge on any atom is 0.0652 e.